The lowest BCUT2D eigenvalue weighted by atomic mass is 10.6. The van der Waals surface area contributed by atoms with Gasteiger partial charge in [0.2, 0.25) is 0 Å². The summed E-state index contributed by atoms with van der Waals surface area (Å²) in [6.07, 6.45) is 3.04. The quantitative estimate of drug-likeness (QED) is 0.723. The van der Waals surface area contributed by atoms with Crippen molar-refractivity contribution in [3.8, 4) is 0 Å². The van der Waals surface area contributed by atoms with Crippen LogP contribution in [0.3, 0.4) is 0 Å². The lowest BCUT2D eigenvalue weighted by Gasteiger charge is -2.15. The molecule has 1 aromatic heterocycles. The van der Waals surface area contributed by atoms with Crippen LogP contribution in [-0.4, -0.2) is 24.0 Å². The van der Waals surface area contributed by atoms with Crippen molar-refractivity contribution in [3.05, 3.63) is 12.3 Å². The Labute approximate surface area is 74.8 Å². The van der Waals surface area contributed by atoms with E-state index in [4.69, 9.17) is 0 Å². The Morgan fingerprint density at radius 1 is 1.50 bits per heavy atom. The van der Waals surface area contributed by atoms with Crippen molar-refractivity contribution in [1.82, 2.24) is 9.78 Å². The molecule has 0 amide bonds. The topological polar surface area (TPSA) is 29.9 Å². The van der Waals surface area contributed by atoms with Gasteiger partial charge in [0.15, 0.2) is 0 Å². The third-order valence-corrected chi connectivity index (χ3v) is 2.75. The standard InChI is InChI=1S/C8H17N3Si/c1-11-6-5-8(10-11)9-7-12(2,3)4/h5-6H,7H2,1-4H3,(H,9,10). The SMILES string of the molecule is Cn1ccc(NC[Si](C)(C)C)n1. The Balaban J connectivity index is 2.44. The minimum Gasteiger partial charge on any atom is -0.372 e. The Morgan fingerprint density at radius 3 is 2.58 bits per heavy atom. The maximum absolute atomic E-state index is 4.24. The highest BCUT2D eigenvalue weighted by Gasteiger charge is 2.12. The van der Waals surface area contributed by atoms with E-state index in [-0.39, 0.29) is 0 Å². The van der Waals surface area contributed by atoms with E-state index in [1.165, 1.54) is 0 Å². The number of hydrogen-bond donors (Lipinski definition) is 1. The maximum Gasteiger partial charge on any atom is 0.147 e. The molecule has 0 aromatic carbocycles. The second-order valence-electron chi connectivity index (χ2n) is 4.29. The lowest BCUT2D eigenvalue weighted by molar-refractivity contribution is 0.770. The largest absolute Gasteiger partial charge is 0.372 e. The summed E-state index contributed by atoms with van der Waals surface area (Å²) in [6.45, 7) is 7.01. The molecule has 1 aromatic rings. The molecule has 1 N–H and O–H groups in total. The van der Waals surface area contributed by atoms with Gasteiger partial charge < -0.3 is 5.32 Å². The van der Waals surface area contributed by atoms with E-state index in [0.717, 1.165) is 12.0 Å². The molecule has 0 unspecified atom stereocenters. The van der Waals surface area contributed by atoms with Gasteiger partial charge in [-0.2, -0.15) is 5.10 Å². The Morgan fingerprint density at radius 2 is 2.17 bits per heavy atom. The van der Waals surface area contributed by atoms with Gasteiger partial charge in [-0.15, -0.1) is 0 Å². The zero-order valence-corrected chi connectivity index (χ0v) is 9.26. The van der Waals surface area contributed by atoms with Crippen molar-refractivity contribution >= 4 is 13.9 Å². The average Bonchev–Trinajstić information content (AvgIpc) is 2.30. The molecule has 0 atom stereocenters. The van der Waals surface area contributed by atoms with Crippen LogP contribution < -0.4 is 5.32 Å². The summed E-state index contributed by atoms with van der Waals surface area (Å²) in [5, 5.41) is 7.58. The Hall–Kier alpha value is -0.773. The molecule has 0 aliphatic rings. The van der Waals surface area contributed by atoms with Gasteiger partial charge in [0.25, 0.3) is 0 Å². The average molecular weight is 183 g/mol. The second-order valence-corrected chi connectivity index (χ2v) is 9.76. The normalized spacial score (nSPS) is 11.7. The summed E-state index contributed by atoms with van der Waals surface area (Å²) >= 11 is 0. The Kier molecular flexibility index (Phi) is 2.57. The van der Waals surface area contributed by atoms with E-state index in [1.54, 1.807) is 0 Å². The number of rotatable bonds is 3. The molecule has 0 spiro atoms. The third kappa shape index (κ3) is 3.09. The first-order valence-corrected chi connectivity index (χ1v) is 7.92. The van der Waals surface area contributed by atoms with Crippen molar-refractivity contribution < 1.29 is 0 Å². The molecule has 1 rings (SSSR count). The van der Waals surface area contributed by atoms with Gasteiger partial charge in [-0.05, 0) is 0 Å². The summed E-state index contributed by atoms with van der Waals surface area (Å²) in [6, 6.07) is 2.00. The maximum atomic E-state index is 4.24. The molecular weight excluding hydrogens is 166 g/mol. The zero-order chi connectivity index (χ0) is 9.19. The number of aryl methyl sites for hydroxylation is 1. The molecule has 4 heteroatoms. The van der Waals surface area contributed by atoms with E-state index in [2.05, 4.69) is 30.1 Å². The summed E-state index contributed by atoms with van der Waals surface area (Å²) in [4.78, 5) is 0. The minimum atomic E-state index is -0.991. The van der Waals surface area contributed by atoms with Crippen LogP contribution in [0.25, 0.3) is 0 Å². The van der Waals surface area contributed by atoms with E-state index in [1.807, 2.05) is 24.0 Å². The van der Waals surface area contributed by atoms with Crippen molar-refractivity contribution in [3.63, 3.8) is 0 Å². The molecule has 0 aliphatic carbocycles. The summed E-state index contributed by atoms with van der Waals surface area (Å²) in [5.74, 6) is 0.986. The van der Waals surface area contributed by atoms with Gasteiger partial charge in [-0.3, -0.25) is 4.68 Å². The van der Waals surface area contributed by atoms with Gasteiger partial charge >= 0.3 is 0 Å². The van der Waals surface area contributed by atoms with Crippen LogP contribution in [0, 0.1) is 0 Å². The van der Waals surface area contributed by atoms with Gasteiger partial charge in [0, 0.05) is 25.5 Å². The van der Waals surface area contributed by atoms with Crippen LogP contribution in [0.2, 0.25) is 19.6 Å². The number of nitrogens with one attached hydrogen (secondary N) is 1. The highest BCUT2D eigenvalue weighted by Crippen LogP contribution is 2.04. The van der Waals surface area contributed by atoms with E-state index in [9.17, 15) is 0 Å². The third-order valence-electron chi connectivity index (χ3n) is 1.51. The fourth-order valence-corrected chi connectivity index (χ4v) is 1.58. The highest BCUT2D eigenvalue weighted by molar-refractivity contribution is 6.76. The molecule has 0 radical (unpaired) electrons. The van der Waals surface area contributed by atoms with E-state index in [0.29, 0.717) is 0 Å². The monoisotopic (exact) mass is 183 g/mol. The van der Waals surface area contributed by atoms with E-state index < -0.39 is 8.07 Å². The number of aromatic nitrogens is 2. The predicted octanol–water partition coefficient (Wildman–Crippen LogP) is 1.71. The van der Waals surface area contributed by atoms with Crippen LogP contribution in [0.1, 0.15) is 0 Å². The first kappa shape index (κ1) is 9.32. The molecule has 12 heavy (non-hydrogen) atoms. The molecule has 68 valence electrons. The number of nitrogens with zero attached hydrogens (tertiary/aromatic N) is 2. The smallest absolute Gasteiger partial charge is 0.147 e. The van der Waals surface area contributed by atoms with Crippen molar-refractivity contribution in [2.45, 2.75) is 19.6 Å². The zero-order valence-electron chi connectivity index (χ0n) is 8.26. The number of anilines is 1. The van der Waals surface area contributed by atoms with Crippen molar-refractivity contribution in [2.24, 2.45) is 7.05 Å². The fourth-order valence-electron chi connectivity index (χ4n) is 0.865. The van der Waals surface area contributed by atoms with Crippen molar-refractivity contribution in [2.75, 3.05) is 11.5 Å². The molecule has 1 heterocycles. The first-order valence-electron chi connectivity index (χ1n) is 4.21. The Bertz CT molecular complexity index is 249. The lowest BCUT2D eigenvalue weighted by Crippen LogP contribution is -2.31. The first-order chi connectivity index (χ1) is 5.47. The van der Waals surface area contributed by atoms with Crippen molar-refractivity contribution in [1.29, 1.82) is 0 Å². The number of hydrogen-bond acceptors (Lipinski definition) is 2. The second kappa shape index (κ2) is 3.31. The fraction of sp³-hybridized carbons (Fsp3) is 0.625. The van der Waals surface area contributed by atoms with Crippen LogP contribution in [0.5, 0.6) is 0 Å². The van der Waals surface area contributed by atoms with Gasteiger partial charge in [0.1, 0.15) is 5.82 Å². The van der Waals surface area contributed by atoms with Crippen LogP contribution >= 0.6 is 0 Å². The van der Waals surface area contributed by atoms with Gasteiger partial charge in [-0.1, -0.05) is 19.6 Å². The van der Waals surface area contributed by atoms with Gasteiger partial charge in [-0.25, -0.2) is 0 Å². The molecular formula is C8H17N3Si. The molecule has 0 aliphatic heterocycles. The minimum absolute atomic E-state index is 0.986. The van der Waals surface area contributed by atoms with E-state index >= 15 is 0 Å². The van der Waals surface area contributed by atoms with Crippen LogP contribution in [0.4, 0.5) is 5.82 Å². The summed E-state index contributed by atoms with van der Waals surface area (Å²) in [5.41, 5.74) is 0. The predicted molar refractivity (Wildman–Crippen MR) is 55.0 cm³/mol. The highest BCUT2D eigenvalue weighted by atomic mass is 28.3. The van der Waals surface area contributed by atoms with Crippen LogP contribution in [0.15, 0.2) is 12.3 Å². The summed E-state index contributed by atoms with van der Waals surface area (Å²) < 4.78 is 1.81. The molecule has 3 nitrogen and oxygen atoms in total. The van der Waals surface area contributed by atoms with Gasteiger partial charge in [0.05, 0.1) is 8.07 Å². The molecule has 0 saturated heterocycles. The molecule has 0 fully saturated rings. The summed E-state index contributed by atoms with van der Waals surface area (Å²) in [7, 11) is 0.939. The molecule has 0 saturated carbocycles. The molecule has 0 bridgehead atoms. The van der Waals surface area contributed by atoms with Crippen LogP contribution in [-0.2, 0) is 7.05 Å².